The summed E-state index contributed by atoms with van der Waals surface area (Å²) in [6.45, 7) is 0. The van der Waals surface area contributed by atoms with Crippen LogP contribution in [-0.2, 0) is 0 Å². The van der Waals surface area contributed by atoms with Gasteiger partial charge in [-0.15, -0.1) is 0 Å². The van der Waals surface area contributed by atoms with Crippen molar-refractivity contribution in [2.75, 3.05) is 11.9 Å². The van der Waals surface area contributed by atoms with E-state index in [0.29, 0.717) is 11.6 Å². The van der Waals surface area contributed by atoms with Crippen LogP contribution >= 0.6 is 0 Å². The lowest BCUT2D eigenvalue weighted by atomic mass is 9.94. The summed E-state index contributed by atoms with van der Waals surface area (Å²) in [6.07, 6.45) is 5.94. The fraction of sp³-hybridized carbons (Fsp3) is 0.500. The van der Waals surface area contributed by atoms with E-state index >= 15 is 0 Å². The van der Waals surface area contributed by atoms with E-state index in [1.54, 1.807) is 6.07 Å². The average molecular weight is 259 g/mol. The lowest BCUT2D eigenvalue weighted by Crippen LogP contribution is -2.33. The van der Waals surface area contributed by atoms with Gasteiger partial charge in [0.05, 0.1) is 16.2 Å². The standard InChI is InChI=1S/C14H17N3O2/c1-16(12-5-3-2-4-6-12)14-8-7-13(17(18)19)9-11(14)10-15/h7-9,12H,2-6H2,1H3. The minimum atomic E-state index is -0.467. The Hall–Kier alpha value is -2.09. The number of hydrogen-bond acceptors (Lipinski definition) is 4. The quantitative estimate of drug-likeness (QED) is 0.617. The van der Waals surface area contributed by atoms with Crippen LogP contribution < -0.4 is 4.90 Å². The van der Waals surface area contributed by atoms with Crippen molar-refractivity contribution in [2.24, 2.45) is 0 Å². The molecule has 0 spiro atoms. The van der Waals surface area contributed by atoms with E-state index in [9.17, 15) is 15.4 Å². The predicted molar refractivity (Wildman–Crippen MR) is 73.1 cm³/mol. The third-order valence-corrected chi connectivity index (χ3v) is 3.81. The van der Waals surface area contributed by atoms with Crippen LogP contribution in [0, 0.1) is 21.4 Å². The van der Waals surface area contributed by atoms with Crippen molar-refractivity contribution >= 4 is 11.4 Å². The van der Waals surface area contributed by atoms with Gasteiger partial charge in [0.25, 0.3) is 5.69 Å². The molecule has 1 aliphatic carbocycles. The number of rotatable bonds is 3. The third-order valence-electron chi connectivity index (χ3n) is 3.81. The minimum Gasteiger partial charge on any atom is -0.371 e. The average Bonchev–Trinajstić information content (AvgIpc) is 2.46. The molecule has 0 heterocycles. The Morgan fingerprint density at radius 2 is 2.05 bits per heavy atom. The first-order valence-electron chi connectivity index (χ1n) is 6.55. The number of nitriles is 1. The Labute approximate surface area is 112 Å². The van der Waals surface area contributed by atoms with Crippen LogP contribution in [0.3, 0.4) is 0 Å². The zero-order chi connectivity index (χ0) is 13.8. The molecule has 1 aromatic carbocycles. The van der Waals surface area contributed by atoms with Crippen molar-refractivity contribution in [2.45, 2.75) is 38.1 Å². The lowest BCUT2D eigenvalue weighted by molar-refractivity contribution is -0.384. The number of nitro groups is 1. The lowest BCUT2D eigenvalue weighted by Gasteiger charge is -2.33. The Bertz CT molecular complexity index is 516. The van der Waals surface area contributed by atoms with Gasteiger partial charge in [0.15, 0.2) is 0 Å². The fourth-order valence-electron chi connectivity index (χ4n) is 2.70. The maximum absolute atomic E-state index is 10.7. The molecule has 5 heteroatoms. The monoisotopic (exact) mass is 259 g/mol. The first kappa shape index (κ1) is 13.3. The molecule has 1 saturated carbocycles. The van der Waals surface area contributed by atoms with Crippen LogP contribution in [0.2, 0.25) is 0 Å². The number of anilines is 1. The second-order valence-electron chi connectivity index (χ2n) is 4.97. The highest BCUT2D eigenvalue weighted by atomic mass is 16.6. The zero-order valence-electron chi connectivity index (χ0n) is 11.0. The van der Waals surface area contributed by atoms with Gasteiger partial charge in [0.1, 0.15) is 6.07 Å². The smallest absolute Gasteiger partial charge is 0.270 e. The number of nitrogens with zero attached hydrogens (tertiary/aromatic N) is 3. The van der Waals surface area contributed by atoms with Gasteiger partial charge in [0, 0.05) is 25.2 Å². The van der Waals surface area contributed by atoms with E-state index in [2.05, 4.69) is 11.0 Å². The molecule has 100 valence electrons. The van der Waals surface area contributed by atoms with Crippen LogP contribution in [0.25, 0.3) is 0 Å². The molecule has 1 fully saturated rings. The van der Waals surface area contributed by atoms with Gasteiger partial charge in [-0.3, -0.25) is 10.1 Å². The van der Waals surface area contributed by atoms with Crippen molar-refractivity contribution in [3.63, 3.8) is 0 Å². The Morgan fingerprint density at radius 3 is 2.63 bits per heavy atom. The Kier molecular flexibility index (Phi) is 4.00. The first-order chi connectivity index (χ1) is 9.13. The molecule has 1 aromatic rings. The molecular weight excluding hydrogens is 242 g/mol. The maximum Gasteiger partial charge on any atom is 0.270 e. The van der Waals surface area contributed by atoms with Gasteiger partial charge in [-0.25, -0.2) is 0 Å². The number of benzene rings is 1. The molecule has 5 nitrogen and oxygen atoms in total. The molecule has 0 unspecified atom stereocenters. The van der Waals surface area contributed by atoms with E-state index < -0.39 is 4.92 Å². The number of hydrogen-bond donors (Lipinski definition) is 0. The van der Waals surface area contributed by atoms with Gasteiger partial charge >= 0.3 is 0 Å². The third kappa shape index (κ3) is 2.84. The highest BCUT2D eigenvalue weighted by Crippen LogP contribution is 2.30. The molecular formula is C14H17N3O2. The summed E-state index contributed by atoms with van der Waals surface area (Å²) in [4.78, 5) is 12.4. The largest absolute Gasteiger partial charge is 0.371 e. The second-order valence-corrected chi connectivity index (χ2v) is 4.97. The zero-order valence-corrected chi connectivity index (χ0v) is 11.0. The summed E-state index contributed by atoms with van der Waals surface area (Å²) in [5.41, 5.74) is 1.14. The fourth-order valence-corrected chi connectivity index (χ4v) is 2.70. The van der Waals surface area contributed by atoms with E-state index in [4.69, 9.17) is 0 Å². The molecule has 1 aliphatic rings. The van der Waals surface area contributed by atoms with Crippen molar-refractivity contribution < 1.29 is 4.92 Å². The van der Waals surface area contributed by atoms with Crippen LogP contribution in [0.4, 0.5) is 11.4 Å². The van der Waals surface area contributed by atoms with Gasteiger partial charge in [-0.2, -0.15) is 5.26 Å². The predicted octanol–water partition coefficient (Wildman–Crippen LogP) is 3.24. The summed E-state index contributed by atoms with van der Waals surface area (Å²) in [5, 5.41) is 19.9. The van der Waals surface area contributed by atoms with Gasteiger partial charge in [-0.1, -0.05) is 19.3 Å². The molecule has 19 heavy (non-hydrogen) atoms. The van der Waals surface area contributed by atoms with Crippen LogP contribution in [0.5, 0.6) is 0 Å². The number of nitro benzene ring substituents is 1. The van der Waals surface area contributed by atoms with Crippen LogP contribution in [-0.4, -0.2) is 18.0 Å². The molecule has 0 aromatic heterocycles. The molecule has 0 radical (unpaired) electrons. The molecule has 0 atom stereocenters. The Balaban J connectivity index is 2.28. The molecule has 0 N–H and O–H groups in total. The van der Waals surface area contributed by atoms with Gasteiger partial charge < -0.3 is 4.90 Å². The van der Waals surface area contributed by atoms with Crippen molar-refractivity contribution in [3.8, 4) is 6.07 Å². The normalized spacial score (nSPS) is 15.8. The summed E-state index contributed by atoms with van der Waals surface area (Å²) < 4.78 is 0. The minimum absolute atomic E-state index is 0.0302. The SMILES string of the molecule is CN(c1ccc([N+](=O)[O-])cc1C#N)C1CCCCC1. The molecule has 0 bridgehead atoms. The van der Waals surface area contributed by atoms with Crippen molar-refractivity contribution in [3.05, 3.63) is 33.9 Å². The Morgan fingerprint density at radius 1 is 1.37 bits per heavy atom. The molecule has 2 rings (SSSR count). The first-order valence-corrected chi connectivity index (χ1v) is 6.55. The highest BCUT2D eigenvalue weighted by Gasteiger charge is 2.21. The van der Waals surface area contributed by atoms with Gasteiger partial charge in [-0.05, 0) is 18.9 Å². The maximum atomic E-state index is 10.7. The summed E-state index contributed by atoms with van der Waals surface area (Å²) in [5.74, 6) is 0. The van der Waals surface area contributed by atoms with Crippen molar-refractivity contribution in [1.82, 2.24) is 0 Å². The highest BCUT2D eigenvalue weighted by molar-refractivity contribution is 5.63. The summed E-state index contributed by atoms with van der Waals surface area (Å²) in [7, 11) is 1.97. The molecule has 0 amide bonds. The van der Waals surface area contributed by atoms with E-state index in [0.717, 1.165) is 18.5 Å². The van der Waals surface area contributed by atoms with E-state index in [1.807, 2.05) is 7.05 Å². The van der Waals surface area contributed by atoms with E-state index in [1.165, 1.54) is 31.4 Å². The molecule has 0 aliphatic heterocycles. The van der Waals surface area contributed by atoms with Crippen LogP contribution in [0.1, 0.15) is 37.7 Å². The van der Waals surface area contributed by atoms with Gasteiger partial charge in [0.2, 0.25) is 0 Å². The second kappa shape index (κ2) is 5.70. The summed E-state index contributed by atoms with van der Waals surface area (Å²) in [6, 6.07) is 7.01. The van der Waals surface area contributed by atoms with Crippen molar-refractivity contribution in [1.29, 1.82) is 5.26 Å². The molecule has 0 saturated heterocycles. The van der Waals surface area contributed by atoms with Crippen LogP contribution in [0.15, 0.2) is 18.2 Å². The van der Waals surface area contributed by atoms with E-state index in [-0.39, 0.29) is 5.69 Å². The number of non-ortho nitro benzene ring substituents is 1. The topological polar surface area (TPSA) is 70.2 Å². The summed E-state index contributed by atoms with van der Waals surface area (Å²) >= 11 is 0.